The molecule has 0 aromatic carbocycles. The van der Waals surface area contributed by atoms with E-state index < -0.39 is 0 Å². The highest BCUT2D eigenvalue weighted by Gasteiger charge is 2.18. The quantitative estimate of drug-likeness (QED) is 0.641. The standard InChI is InChI=1S/C12H24N2O/c1-3-13-8-11(2)9-14-6-4-12(10-15)5-7-14/h12-13,15H,2-10H2,1H3. The van der Waals surface area contributed by atoms with Gasteiger partial charge in [-0.1, -0.05) is 13.5 Å². The Balaban J connectivity index is 2.15. The van der Waals surface area contributed by atoms with Crippen molar-refractivity contribution in [2.75, 3.05) is 39.3 Å². The Morgan fingerprint density at radius 2 is 2.13 bits per heavy atom. The number of piperidine rings is 1. The van der Waals surface area contributed by atoms with Crippen LogP contribution in [0.2, 0.25) is 0 Å². The monoisotopic (exact) mass is 212 g/mol. The second kappa shape index (κ2) is 6.99. The molecule has 0 amide bonds. The van der Waals surface area contributed by atoms with Crippen LogP contribution in [0.5, 0.6) is 0 Å². The third-order valence-electron chi connectivity index (χ3n) is 3.04. The largest absolute Gasteiger partial charge is 0.396 e. The molecule has 0 spiro atoms. The highest BCUT2D eigenvalue weighted by Crippen LogP contribution is 2.16. The van der Waals surface area contributed by atoms with Gasteiger partial charge >= 0.3 is 0 Å². The lowest BCUT2D eigenvalue weighted by Gasteiger charge is -2.31. The minimum atomic E-state index is 0.353. The van der Waals surface area contributed by atoms with Crippen LogP contribution in [-0.2, 0) is 0 Å². The lowest BCUT2D eigenvalue weighted by molar-refractivity contribution is 0.137. The van der Waals surface area contributed by atoms with Gasteiger partial charge in [-0.3, -0.25) is 4.90 Å². The smallest absolute Gasteiger partial charge is 0.0460 e. The number of likely N-dealkylation sites (N-methyl/N-ethyl adjacent to an activating group) is 1. The average Bonchev–Trinajstić information content (AvgIpc) is 2.27. The summed E-state index contributed by atoms with van der Waals surface area (Å²) < 4.78 is 0. The Morgan fingerprint density at radius 3 is 2.67 bits per heavy atom. The zero-order valence-electron chi connectivity index (χ0n) is 9.84. The normalized spacial score (nSPS) is 19.3. The van der Waals surface area contributed by atoms with Crippen molar-refractivity contribution in [3.63, 3.8) is 0 Å². The number of likely N-dealkylation sites (tertiary alicyclic amines) is 1. The number of aliphatic hydroxyl groups is 1. The van der Waals surface area contributed by atoms with Gasteiger partial charge in [0.25, 0.3) is 0 Å². The fourth-order valence-corrected chi connectivity index (χ4v) is 2.00. The lowest BCUT2D eigenvalue weighted by atomic mass is 9.97. The molecular formula is C12H24N2O. The second-order valence-electron chi connectivity index (χ2n) is 4.43. The zero-order chi connectivity index (χ0) is 11.1. The minimum absolute atomic E-state index is 0.353. The summed E-state index contributed by atoms with van der Waals surface area (Å²) in [6.45, 7) is 11.7. The molecule has 0 aromatic heterocycles. The van der Waals surface area contributed by atoms with E-state index in [9.17, 15) is 0 Å². The van der Waals surface area contributed by atoms with Crippen molar-refractivity contribution < 1.29 is 5.11 Å². The number of nitrogens with zero attached hydrogens (tertiary/aromatic N) is 1. The van der Waals surface area contributed by atoms with Gasteiger partial charge in [-0.25, -0.2) is 0 Å². The summed E-state index contributed by atoms with van der Waals surface area (Å²) in [6.07, 6.45) is 2.26. The van der Waals surface area contributed by atoms with Crippen molar-refractivity contribution in [1.29, 1.82) is 0 Å². The summed E-state index contributed by atoms with van der Waals surface area (Å²) in [5.74, 6) is 0.531. The Hall–Kier alpha value is -0.380. The van der Waals surface area contributed by atoms with Crippen LogP contribution < -0.4 is 5.32 Å². The molecule has 0 bridgehead atoms. The van der Waals surface area contributed by atoms with Crippen LogP contribution in [0.1, 0.15) is 19.8 Å². The first kappa shape index (κ1) is 12.7. The van der Waals surface area contributed by atoms with Crippen LogP contribution in [0.25, 0.3) is 0 Å². The molecule has 1 rings (SSSR count). The summed E-state index contributed by atoms with van der Waals surface area (Å²) in [6, 6.07) is 0. The van der Waals surface area contributed by atoms with Gasteiger partial charge in [0.15, 0.2) is 0 Å². The number of rotatable bonds is 6. The van der Waals surface area contributed by atoms with Crippen LogP contribution >= 0.6 is 0 Å². The van der Waals surface area contributed by atoms with Crippen LogP contribution in [0.4, 0.5) is 0 Å². The first-order chi connectivity index (χ1) is 7.26. The molecule has 3 nitrogen and oxygen atoms in total. The maximum atomic E-state index is 9.03. The number of nitrogens with one attached hydrogen (secondary N) is 1. The van der Waals surface area contributed by atoms with E-state index in [0.717, 1.165) is 45.6 Å². The number of hydrogen-bond donors (Lipinski definition) is 2. The van der Waals surface area contributed by atoms with Crippen molar-refractivity contribution in [1.82, 2.24) is 10.2 Å². The van der Waals surface area contributed by atoms with Crippen LogP contribution in [-0.4, -0.2) is 49.3 Å². The summed E-state index contributed by atoms with van der Waals surface area (Å²) in [4.78, 5) is 2.44. The maximum absolute atomic E-state index is 9.03. The molecule has 88 valence electrons. The van der Waals surface area contributed by atoms with E-state index in [0.29, 0.717) is 12.5 Å². The van der Waals surface area contributed by atoms with Gasteiger partial charge in [0.05, 0.1) is 0 Å². The van der Waals surface area contributed by atoms with E-state index in [2.05, 4.69) is 23.7 Å². The Labute approximate surface area is 93.2 Å². The highest BCUT2D eigenvalue weighted by atomic mass is 16.3. The molecule has 1 heterocycles. The van der Waals surface area contributed by atoms with Gasteiger partial charge in [-0.15, -0.1) is 0 Å². The number of hydrogen-bond acceptors (Lipinski definition) is 3. The molecule has 0 atom stereocenters. The predicted octanol–water partition coefficient (Wildman–Crippen LogP) is 0.856. The van der Waals surface area contributed by atoms with Gasteiger partial charge in [-0.2, -0.15) is 0 Å². The van der Waals surface area contributed by atoms with Gasteiger partial charge in [-0.05, 0) is 44.0 Å². The SMILES string of the molecule is C=C(CNCC)CN1CCC(CO)CC1. The summed E-state index contributed by atoms with van der Waals surface area (Å²) in [5.41, 5.74) is 1.26. The van der Waals surface area contributed by atoms with Crippen LogP contribution in [0.3, 0.4) is 0 Å². The third-order valence-corrected chi connectivity index (χ3v) is 3.04. The summed E-state index contributed by atoms with van der Waals surface area (Å²) in [5, 5.41) is 12.3. The van der Waals surface area contributed by atoms with Gasteiger partial charge in [0, 0.05) is 19.7 Å². The van der Waals surface area contributed by atoms with Gasteiger partial charge in [0.1, 0.15) is 0 Å². The Kier molecular flexibility index (Phi) is 5.91. The molecule has 1 fully saturated rings. The van der Waals surface area contributed by atoms with Gasteiger partial charge < -0.3 is 10.4 Å². The molecule has 15 heavy (non-hydrogen) atoms. The molecule has 3 heteroatoms. The van der Waals surface area contributed by atoms with Crippen molar-refractivity contribution in [2.24, 2.45) is 5.92 Å². The molecule has 0 aliphatic carbocycles. The van der Waals surface area contributed by atoms with E-state index in [1.807, 2.05) is 0 Å². The third kappa shape index (κ3) is 4.78. The molecule has 1 aliphatic rings. The molecule has 0 saturated carbocycles. The molecule has 1 aliphatic heterocycles. The van der Waals surface area contributed by atoms with Crippen molar-refractivity contribution in [3.05, 3.63) is 12.2 Å². The first-order valence-corrected chi connectivity index (χ1v) is 5.96. The first-order valence-electron chi connectivity index (χ1n) is 5.96. The second-order valence-corrected chi connectivity index (χ2v) is 4.43. The van der Waals surface area contributed by atoms with E-state index >= 15 is 0 Å². The van der Waals surface area contributed by atoms with Gasteiger partial charge in [0.2, 0.25) is 0 Å². The lowest BCUT2D eigenvalue weighted by Crippen LogP contribution is -2.37. The zero-order valence-corrected chi connectivity index (χ0v) is 9.84. The van der Waals surface area contributed by atoms with Crippen molar-refractivity contribution in [3.8, 4) is 0 Å². The van der Waals surface area contributed by atoms with E-state index in [1.54, 1.807) is 0 Å². The average molecular weight is 212 g/mol. The molecule has 0 unspecified atom stereocenters. The molecule has 0 radical (unpaired) electrons. The van der Waals surface area contributed by atoms with Crippen molar-refractivity contribution in [2.45, 2.75) is 19.8 Å². The van der Waals surface area contributed by atoms with E-state index in [-0.39, 0.29) is 0 Å². The molecule has 0 aromatic rings. The van der Waals surface area contributed by atoms with Crippen molar-refractivity contribution >= 4 is 0 Å². The maximum Gasteiger partial charge on any atom is 0.0460 e. The fraction of sp³-hybridized carbons (Fsp3) is 0.833. The predicted molar refractivity (Wildman–Crippen MR) is 63.9 cm³/mol. The Bertz CT molecular complexity index is 186. The van der Waals surface area contributed by atoms with E-state index in [4.69, 9.17) is 5.11 Å². The fourth-order valence-electron chi connectivity index (χ4n) is 2.00. The van der Waals surface area contributed by atoms with Crippen LogP contribution in [0, 0.1) is 5.92 Å². The highest BCUT2D eigenvalue weighted by molar-refractivity contribution is 5.00. The van der Waals surface area contributed by atoms with Crippen LogP contribution in [0.15, 0.2) is 12.2 Å². The summed E-state index contributed by atoms with van der Waals surface area (Å²) in [7, 11) is 0. The topological polar surface area (TPSA) is 35.5 Å². The molecule has 2 N–H and O–H groups in total. The molecule has 1 saturated heterocycles. The van der Waals surface area contributed by atoms with E-state index in [1.165, 1.54) is 5.57 Å². The Morgan fingerprint density at radius 1 is 1.47 bits per heavy atom. The minimum Gasteiger partial charge on any atom is -0.396 e. The summed E-state index contributed by atoms with van der Waals surface area (Å²) >= 11 is 0. The molecular weight excluding hydrogens is 188 g/mol. The number of aliphatic hydroxyl groups excluding tert-OH is 1.